The first kappa shape index (κ1) is 26.4. The maximum Gasteiger partial charge on any atom is 0.316 e. The van der Waals surface area contributed by atoms with Gasteiger partial charge in [0.25, 0.3) is 0 Å². The zero-order valence-electron chi connectivity index (χ0n) is 18.1. The number of aliphatic hydroxyl groups is 2. The molecule has 0 radical (unpaired) electrons. The van der Waals surface area contributed by atoms with Gasteiger partial charge >= 0.3 is 5.97 Å². The summed E-state index contributed by atoms with van der Waals surface area (Å²) in [4.78, 5) is 12.0. The third kappa shape index (κ3) is 13.2. The van der Waals surface area contributed by atoms with Gasteiger partial charge in [0.2, 0.25) is 0 Å². The minimum absolute atomic E-state index is 0.363. The van der Waals surface area contributed by atoms with Gasteiger partial charge in [-0.2, -0.15) is 0 Å². The average molecular weight is 387 g/mol. The van der Waals surface area contributed by atoms with Gasteiger partial charge in [0.05, 0.1) is 19.8 Å². The minimum Gasteiger partial charge on any atom is -0.465 e. The highest BCUT2D eigenvalue weighted by molar-refractivity contribution is 5.77. The molecule has 0 aromatic rings. The quantitative estimate of drug-likeness (QED) is 0.205. The predicted octanol–water partition coefficient (Wildman–Crippen LogP) is 5.78. The van der Waals surface area contributed by atoms with Crippen molar-refractivity contribution in [2.45, 2.75) is 117 Å². The van der Waals surface area contributed by atoms with E-state index in [0.717, 1.165) is 12.8 Å². The van der Waals surface area contributed by atoms with Crippen LogP contribution in [-0.4, -0.2) is 36.0 Å². The summed E-state index contributed by atoms with van der Waals surface area (Å²) in [5.41, 5.74) is -1.13. The van der Waals surface area contributed by atoms with E-state index in [-0.39, 0.29) is 13.2 Å². The number of carbonyl (C=O) groups is 1. The number of carbonyl (C=O) groups excluding carboxylic acids is 1. The van der Waals surface area contributed by atoms with E-state index in [4.69, 9.17) is 4.74 Å². The Hall–Kier alpha value is -0.610. The summed E-state index contributed by atoms with van der Waals surface area (Å²) in [5.74, 6) is -0.472. The fraction of sp³-hybridized carbons (Fsp3) is 0.957. The highest BCUT2D eigenvalue weighted by Crippen LogP contribution is 2.22. The summed E-state index contributed by atoms with van der Waals surface area (Å²) in [5, 5.41) is 18.6. The zero-order chi connectivity index (χ0) is 20.2. The summed E-state index contributed by atoms with van der Waals surface area (Å²) < 4.78 is 5.23. The number of unbranched alkanes of at least 4 members (excludes halogenated alkanes) is 14. The Bertz CT molecular complexity index is 318. The molecule has 2 N–H and O–H groups in total. The first-order chi connectivity index (χ1) is 13.2. The molecule has 0 saturated heterocycles. The van der Waals surface area contributed by atoms with Crippen LogP contribution in [0.5, 0.6) is 0 Å². The minimum atomic E-state index is -1.13. The van der Waals surface area contributed by atoms with E-state index >= 15 is 0 Å². The van der Waals surface area contributed by atoms with Crippen LogP contribution in [0.15, 0.2) is 0 Å². The van der Waals surface area contributed by atoms with E-state index in [2.05, 4.69) is 6.92 Å². The predicted molar refractivity (Wildman–Crippen MR) is 113 cm³/mol. The van der Waals surface area contributed by atoms with Gasteiger partial charge in [0.1, 0.15) is 5.41 Å². The van der Waals surface area contributed by atoms with Crippen LogP contribution in [0.4, 0.5) is 0 Å². The lowest BCUT2D eigenvalue weighted by molar-refractivity contribution is -0.162. The molecule has 0 aliphatic rings. The van der Waals surface area contributed by atoms with E-state index in [1.165, 1.54) is 83.5 Å². The second-order valence-corrected chi connectivity index (χ2v) is 8.04. The summed E-state index contributed by atoms with van der Waals surface area (Å²) in [7, 11) is 0. The van der Waals surface area contributed by atoms with Crippen molar-refractivity contribution < 1.29 is 19.7 Å². The second kappa shape index (κ2) is 18.7. The Balaban J connectivity index is 3.35. The number of hydrogen-bond donors (Lipinski definition) is 2. The van der Waals surface area contributed by atoms with Gasteiger partial charge in [-0.25, -0.2) is 0 Å². The van der Waals surface area contributed by atoms with Crippen LogP contribution in [0.2, 0.25) is 0 Å². The molecule has 0 fully saturated rings. The normalized spacial score (nSPS) is 11.7. The van der Waals surface area contributed by atoms with Crippen molar-refractivity contribution in [3.8, 4) is 0 Å². The number of hydrogen-bond acceptors (Lipinski definition) is 4. The van der Waals surface area contributed by atoms with Crippen LogP contribution in [-0.2, 0) is 9.53 Å². The molecule has 0 saturated carbocycles. The molecule has 4 heteroatoms. The fourth-order valence-electron chi connectivity index (χ4n) is 3.34. The molecule has 0 heterocycles. The summed E-state index contributed by atoms with van der Waals surface area (Å²) in [6, 6.07) is 0. The summed E-state index contributed by atoms with van der Waals surface area (Å²) in [6.45, 7) is 3.71. The molecule has 0 spiro atoms. The van der Waals surface area contributed by atoms with Crippen molar-refractivity contribution in [2.75, 3.05) is 19.8 Å². The third-order valence-electron chi connectivity index (χ3n) is 5.70. The lowest BCUT2D eigenvalue weighted by Crippen LogP contribution is -2.39. The van der Waals surface area contributed by atoms with Gasteiger partial charge in [-0.3, -0.25) is 4.79 Å². The lowest BCUT2D eigenvalue weighted by Gasteiger charge is -2.25. The van der Waals surface area contributed by atoms with Gasteiger partial charge in [-0.1, -0.05) is 104 Å². The molecule has 0 aromatic heterocycles. The largest absolute Gasteiger partial charge is 0.465 e. The number of esters is 1. The lowest BCUT2D eigenvalue weighted by atomic mass is 9.87. The van der Waals surface area contributed by atoms with Crippen LogP contribution >= 0.6 is 0 Å². The Morgan fingerprint density at radius 1 is 0.667 bits per heavy atom. The first-order valence-corrected chi connectivity index (χ1v) is 11.6. The van der Waals surface area contributed by atoms with E-state index in [0.29, 0.717) is 13.0 Å². The molecule has 0 bridgehead atoms. The van der Waals surface area contributed by atoms with E-state index in [1.807, 2.05) is 0 Å². The fourth-order valence-corrected chi connectivity index (χ4v) is 3.34. The average Bonchev–Trinajstić information content (AvgIpc) is 2.69. The number of rotatable bonds is 20. The summed E-state index contributed by atoms with van der Waals surface area (Å²) >= 11 is 0. The molecule has 0 atom stereocenters. The molecule has 162 valence electrons. The molecule has 27 heavy (non-hydrogen) atoms. The molecular formula is C23H46O4. The molecule has 0 aliphatic carbocycles. The van der Waals surface area contributed by atoms with Gasteiger partial charge in [0, 0.05) is 0 Å². The zero-order valence-corrected chi connectivity index (χ0v) is 18.1. The molecular weight excluding hydrogens is 340 g/mol. The third-order valence-corrected chi connectivity index (χ3v) is 5.70. The second-order valence-electron chi connectivity index (χ2n) is 8.04. The standard InChI is InChI=1S/C23H46O4/c1-3-5-6-7-8-9-10-11-12-13-14-15-16-17-18-19-27-22(26)23(4-2,20-24)21-25/h24-25H,3-21H2,1-2H3. The Kier molecular flexibility index (Phi) is 18.3. The molecule has 0 amide bonds. The monoisotopic (exact) mass is 386 g/mol. The number of aliphatic hydroxyl groups excluding tert-OH is 2. The van der Waals surface area contributed by atoms with E-state index in [1.54, 1.807) is 6.92 Å². The highest BCUT2D eigenvalue weighted by atomic mass is 16.5. The maximum atomic E-state index is 12.0. The van der Waals surface area contributed by atoms with E-state index < -0.39 is 11.4 Å². The topological polar surface area (TPSA) is 66.8 Å². The van der Waals surface area contributed by atoms with Gasteiger partial charge < -0.3 is 14.9 Å². The SMILES string of the molecule is CCCCCCCCCCCCCCCCCOC(=O)C(CC)(CO)CO. The Labute approximate surface area is 168 Å². The van der Waals surface area contributed by atoms with Gasteiger partial charge in [0.15, 0.2) is 0 Å². The molecule has 0 aliphatic heterocycles. The number of ether oxygens (including phenoxy) is 1. The molecule has 0 aromatic carbocycles. The van der Waals surface area contributed by atoms with Crippen molar-refractivity contribution in [2.24, 2.45) is 5.41 Å². The Morgan fingerprint density at radius 3 is 1.37 bits per heavy atom. The van der Waals surface area contributed by atoms with E-state index in [9.17, 15) is 15.0 Å². The van der Waals surface area contributed by atoms with Crippen molar-refractivity contribution >= 4 is 5.97 Å². The molecule has 4 nitrogen and oxygen atoms in total. The van der Waals surface area contributed by atoms with Crippen LogP contribution in [0, 0.1) is 5.41 Å². The summed E-state index contributed by atoms with van der Waals surface area (Å²) in [6.07, 6.45) is 20.0. The van der Waals surface area contributed by atoms with Crippen molar-refractivity contribution in [3.63, 3.8) is 0 Å². The van der Waals surface area contributed by atoms with Crippen molar-refractivity contribution in [1.29, 1.82) is 0 Å². The first-order valence-electron chi connectivity index (χ1n) is 11.6. The highest BCUT2D eigenvalue weighted by Gasteiger charge is 2.37. The Morgan fingerprint density at radius 2 is 1.04 bits per heavy atom. The molecule has 0 unspecified atom stereocenters. The van der Waals surface area contributed by atoms with Crippen molar-refractivity contribution in [1.82, 2.24) is 0 Å². The molecule has 0 rings (SSSR count). The van der Waals surface area contributed by atoms with Gasteiger partial charge in [-0.15, -0.1) is 0 Å². The van der Waals surface area contributed by atoms with Crippen LogP contribution in [0.1, 0.15) is 117 Å². The van der Waals surface area contributed by atoms with Crippen molar-refractivity contribution in [3.05, 3.63) is 0 Å². The van der Waals surface area contributed by atoms with Crippen LogP contribution < -0.4 is 0 Å². The van der Waals surface area contributed by atoms with Crippen LogP contribution in [0.25, 0.3) is 0 Å². The maximum absolute atomic E-state index is 12.0. The smallest absolute Gasteiger partial charge is 0.316 e. The van der Waals surface area contributed by atoms with Gasteiger partial charge in [-0.05, 0) is 12.8 Å². The van der Waals surface area contributed by atoms with Crippen LogP contribution in [0.3, 0.4) is 0 Å².